The lowest BCUT2D eigenvalue weighted by molar-refractivity contribution is -0.122. The third-order valence-electron chi connectivity index (χ3n) is 3.09. The summed E-state index contributed by atoms with van der Waals surface area (Å²) >= 11 is 0. The van der Waals surface area contributed by atoms with Crippen molar-refractivity contribution in [3.05, 3.63) is 41.7 Å². The lowest BCUT2D eigenvalue weighted by Gasteiger charge is -2.14. The Hall–Kier alpha value is -2.41. The minimum Gasteiger partial charge on any atom is -0.497 e. The molecule has 0 unspecified atom stereocenters. The first-order valence-electron chi connectivity index (χ1n) is 6.64. The minimum absolute atomic E-state index is 0.0964. The highest BCUT2D eigenvalue weighted by molar-refractivity contribution is 5.76. The number of nitrogens with one attached hydrogen (secondary N) is 1. The monoisotopic (exact) mass is 289 g/mol. The molecule has 0 spiro atoms. The summed E-state index contributed by atoms with van der Waals surface area (Å²) in [5.74, 6) is 0.654. The Morgan fingerprint density at radius 1 is 1.43 bits per heavy atom. The van der Waals surface area contributed by atoms with Crippen molar-refractivity contribution >= 4 is 5.91 Å². The molecule has 7 heteroatoms. The fraction of sp³-hybridized carbons (Fsp3) is 0.357. The highest BCUT2D eigenvalue weighted by Gasteiger charge is 2.11. The fourth-order valence-electron chi connectivity index (χ4n) is 1.92. The Morgan fingerprint density at radius 3 is 2.71 bits per heavy atom. The highest BCUT2D eigenvalue weighted by Crippen LogP contribution is 2.17. The average Bonchev–Trinajstić information content (AvgIpc) is 2.94. The van der Waals surface area contributed by atoms with Crippen LogP contribution in [-0.4, -0.2) is 28.0 Å². The van der Waals surface area contributed by atoms with E-state index in [1.54, 1.807) is 13.3 Å². The van der Waals surface area contributed by atoms with Gasteiger partial charge >= 0.3 is 0 Å². The van der Waals surface area contributed by atoms with Crippen molar-refractivity contribution in [1.29, 1.82) is 0 Å². The fourth-order valence-corrected chi connectivity index (χ4v) is 1.92. The molecule has 3 N–H and O–H groups in total. The molecule has 0 saturated carbocycles. The number of methoxy groups -OCH3 is 1. The van der Waals surface area contributed by atoms with Crippen LogP contribution in [0.2, 0.25) is 0 Å². The zero-order valence-corrected chi connectivity index (χ0v) is 12.1. The largest absolute Gasteiger partial charge is 0.497 e. The highest BCUT2D eigenvalue weighted by atomic mass is 16.5. The molecule has 0 bridgehead atoms. The molecule has 0 saturated heterocycles. The van der Waals surface area contributed by atoms with Gasteiger partial charge < -0.3 is 15.8 Å². The molecular weight excluding hydrogens is 270 g/mol. The minimum atomic E-state index is -0.133. The average molecular weight is 289 g/mol. The van der Waals surface area contributed by atoms with Gasteiger partial charge in [0.25, 0.3) is 0 Å². The molecule has 112 valence electrons. The third-order valence-corrected chi connectivity index (χ3v) is 3.09. The van der Waals surface area contributed by atoms with Crippen molar-refractivity contribution in [1.82, 2.24) is 20.3 Å². The van der Waals surface area contributed by atoms with Gasteiger partial charge in [-0.3, -0.25) is 4.79 Å². The first-order chi connectivity index (χ1) is 10.1. The quantitative estimate of drug-likeness (QED) is 0.813. The van der Waals surface area contributed by atoms with Crippen LogP contribution < -0.4 is 15.8 Å². The van der Waals surface area contributed by atoms with Crippen molar-refractivity contribution < 1.29 is 9.53 Å². The molecule has 0 aliphatic carbocycles. The zero-order chi connectivity index (χ0) is 15.2. The molecule has 1 atom stereocenters. The van der Waals surface area contributed by atoms with Gasteiger partial charge in [-0.2, -0.15) is 0 Å². The number of hydrogen-bond acceptors (Lipinski definition) is 5. The van der Waals surface area contributed by atoms with Crippen molar-refractivity contribution in [2.45, 2.75) is 26.1 Å². The van der Waals surface area contributed by atoms with Crippen LogP contribution in [0.5, 0.6) is 5.75 Å². The Labute approximate surface area is 123 Å². The van der Waals surface area contributed by atoms with Crippen LogP contribution >= 0.6 is 0 Å². The number of benzene rings is 1. The normalized spacial score (nSPS) is 12.0. The lowest BCUT2D eigenvalue weighted by atomic mass is 10.1. The molecule has 2 aromatic rings. The summed E-state index contributed by atoms with van der Waals surface area (Å²) in [5.41, 5.74) is 7.11. The van der Waals surface area contributed by atoms with Crippen molar-refractivity contribution in [3.63, 3.8) is 0 Å². The van der Waals surface area contributed by atoms with Gasteiger partial charge in [0.05, 0.1) is 25.0 Å². The smallest absolute Gasteiger partial charge is 0.242 e. The lowest BCUT2D eigenvalue weighted by Crippen LogP contribution is -2.30. The second-order valence-electron chi connectivity index (χ2n) is 4.67. The summed E-state index contributed by atoms with van der Waals surface area (Å²) in [6.45, 7) is 2.35. The van der Waals surface area contributed by atoms with Gasteiger partial charge in [-0.25, -0.2) is 4.68 Å². The summed E-state index contributed by atoms with van der Waals surface area (Å²) in [4.78, 5) is 12.0. The Bertz CT molecular complexity index is 594. The number of amides is 1. The molecule has 1 amide bonds. The molecule has 21 heavy (non-hydrogen) atoms. The Morgan fingerprint density at radius 2 is 2.14 bits per heavy atom. The molecule has 1 aromatic heterocycles. The van der Waals surface area contributed by atoms with Gasteiger partial charge in [0.15, 0.2) is 0 Å². The van der Waals surface area contributed by atoms with Crippen LogP contribution in [0.4, 0.5) is 0 Å². The van der Waals surface area contributed by atoms with E-state index in [0.717, 1.165) is 11.3 Å². The van der Waals surface area contributed by atoms with E-state index in [0.29, 0.717) is 12.2 Å². The first kappa shape index (κ1) is 15.0. The summed E-state index contributed by atoms with van der Waals surface area (Å²) in [7, 11) is 1.62. The van der Waals surface area contributed by atoms with Crippen molar-refractivity contribution in [2.75, 3.05) is 7.11 Å². The number of rotatable bonds is 6. The molecule has 0 fully saturated rings. The van der Waals surface area contributed by atoms with E-state index in [1.165, 1.54) is 4.68 Å². The third kappa shape index (κ3) is 4.03. The molecular formula is C14H19N5O2. The van der Waals surface area contributed by atoms with Crippen LogP contribution in [0.25, 0.3) is 0 Å². The van der Waals surface area contributed by atoms with E-state index in [9.17, 15) is 4.79 Å². The van der Waals surface area contributed by atoms with Gasteiger partial charge in [0.2, 0.25) is 5.91 Å². The van der Waals surface area contributed by atoms with Crippen molar-refractivity contribution in [3.8, 4) is 5.75 Å². The second-order valence-corrected chi connectivity index (χ2v) is 4.67. The summed E-state index contributed by atoms with van der Waals surface area (Å²) in [5, 5.41) is 10.6. The van der Waals surface area contributed by atoms with Crippen LogP contribution in [0.15, 0.2) is 30.5 Å². The molecule has 0 aliphatic heterocycles. The van der Waals surface area contributed by atoms with Crippen LogP contribution in [0.3, 0.4) is 0 Å². The van der Waals surface area contributed by atoms with E-state index in [2.05, 4.69) is 15.6 Å². The SMILES string of the molecule is COc1ccc([C@@H](C)NC(=O)Cn2cc(CN)nn2)cc1. The van der Waals surface area contributed by atoms with Gasteiger partial charge in [0, 0.05) is 6.54 Å². The van der Waals surface area contributed by atoms with Crippen LogP contribution in [0.1, 0.15) is 24.2 Å². The van der Waals surface area contributed by atoms with Gasteiger partial charge in [-0.1, -0.05) is 17.3 Å². The van der Waals surface area contributed by atoms with E-state index in [-0.39, 0.29) is 18.5 Å². The van der Waals surface area contributed by atoms with E-state index >= 15 is 0 Å². The Kier molecular flexibility index (Phi) is 4.89. The predicted octanol–water partition coefficient (Wildman–Crippen LogP) is 0.623. The number of nitrogens with zero attached hydrogens (tertiary/aromatic N) is 3. The second kappa shape index (κ2) is 6.85. The summed E-state index contributed by atoms with van der Waals surface area (Å²) in [6.07, 6.45) is 1.66. The van der Waals surface area contributed by atoms with Gasteiger partial charge in [-0.15, -0.1) is 5.10 Å². The molecule has 2 rings (SSSR count). The number of carbonyl (C=O) groups is 1. The molecule has 0 aliphatic rings. The number of nitrogens with two attached hydrogens (primary N) is 1. The van der Waals surface area contributed by atoms with Gasteiger partial charge in [0.1, 0.15) is 12.3 Å². The number of aromatic nitrogens is 3. The molecule has 1 heterocycles. The number of ether oxygens (including phenoxy) is 1. The zero-order valence-electron chi connectivity index (χ0n) is 12.1. The summed E-state index contributed by atoms with van der Waals surface area (Å²) in [6, 6.07) is 7.48. The topological polar surface area (TPSA) is 95.1 Å². The first-order valence-corrected chi connectivity index (χ1v) is 6.64. The maximum absolute atomic E-state index is 12.0. The van der Waals surface area contributed by atoms with Crippen LogP contribution in [0, 0.1) is 0 Å². The molecule has 0 radical (unpaired) electrons. The molecule has 1 aromatic carbocycles. The maximum Gasteiger partial charge on any atom is 0.242 e. The van der Waals surface area contributed by atoms with E-state index in [1.807, 2.05) is 31.2 Å². The standard InChI is InChI=1S/C14H19N5O2/c1-10(11-3-5-13(21-2)6-4-11)16-14(20)9-19-8-12(7-15)17-18-19/h3-6,8,10H,7,9,15H2,1-2H3,(H,16,20)/t10-/m1/s1. The van der Waals surface area contributed by atoms with Crippen molar-refractivity contribution in [2.24, 2.45) is 5.73 Å². The number of hydrogen-bond donors (Lipinski definition) is 2. The van der Waals surface area contributed by atoms with E-state index in [4.69, 9.17) is 10.5 Å². The van der Waals surface area contributed by atoms with Gasteiger partial charge in [-0.05, 0) is 24.6 Å². The molecule has 7 nitrogen and oxygen atoms in total. The van der Waals surface area contributed by atoms with Crippen LogP contribution in [-0.2, 0) is 17.9 Å². The summed E-state index contributed by atoms with van der Waals surface area (Å²) < 4.78 is 6.58. The Balaban J connectivity index is 1.91. The maximum atomic E-state index is 12.0. The predicted molar refractivity (Wildman–Crippen MR) is 77.5 cm³/mol. The number of carbonyl (C=O) groups excluding carboxylic acids is 1. The van der Waals surface area contributed by atoms with E-state index < -0.39 is 0 Å².